The van der Waals surface area contributed by atoms with Gasteiger partial charge in [0.2, 0.25) is 5.91 Å². The minimum atomic E-state index is -0.843. The summed E-state index contributed by atoms with van der Waals surface area (Å²) >= 11 is 0. The van der Waals surface area contributed by atoms with Crippen LogP contribution in [0.15, 0.2) is 24.3 Å². The molecule has 5 heteroatoms. The van der Waals surface area contributed by atoms with Gasteiger partial charge >= 0.3 is 0 Å². The molecule has 3 unspecified atom stereocenters. The van der Waals surface area contributed by atoms with E-state index >= 15 is 0 Å². The van der Waals surface area contributed by atoms with Gasteiger partial charge in [0.1, 0.15) is 0 Å². The Labute approximate surface area is 117 Å². The van der Waals surface area contributed by atoms with Crippen LogP contribution in [0.5, 0.6) is 0 Å². The third kappa shape index (κ3) is 5.03. The molecule has 0 radical (unpaired) electrons. The SMILES string of the molecule is CC(C(=O)NCCC(C)S(C)=O)c1cccc(N)c1. The standard InChI is InChI=1S/C14H22N2O2S/c1-10(19(3)18)7-8-16-14(17)11(2)12-5-4-6-13(15)9-12/h4-6,9-11H,7-8,15H2,1-3H3,(H,16,17). The molecule has 19 heavy (non-hydrogen) atoms. The fraction of sp³-hybridized carbons (Fsp3) is 0.500. The maximum absolute atomic E-state index is 12.0. The number of carbonyl (C=O) groups excluding carboxylic acids is 1. The van der Waals surface area contributed by atoms with Crippen molar-refractivity contribution in [1.29, 1.82) is 0 Å². The van der Waals surface area contributed by atoms with Crippen molar-refractivity contribution in [3.63, 3.8) is 0 Å². The Balaban J connectivity index is 2.47. The lowest BCUT2D eigenvalue weighted by molar-refractivity contribution is -0.122. The fourth-order valence-corrected chi connectivity index (χ4v) is 2.15. The lowest BCUT2D eigenvalue weighted by Gasteiger charge is -2.14. The molecular weight excluding hydrogens is 260 g/mol. The molecule has 106 valence electrons. The van der Waals surface area contributed by atoms with Crippen molar-refractivity contribution in [3.05, 3.63) is 29.8 Å². The molecule has 3 N–H and O–H groups in total. The number of nitrogens with two attached hydrogens (primary N) is 1. The summed E-state index contributed by atoms with van der Waals surface area (Å²) in [6.07, 6.45) is 2.40. The van der Waals surface area contributed by atoms with Gasteiger partial charge in [0.25, 0.3) is 0 Å². The number of hydrogen-bond donors (Lipinski definition) is 2. The molecule has 0 saturated heterocycles. The number of hydrogen-bond acceptors (Lipinski definition) is 3. The second-order valence-electron chi connectivity index (χ2n) is 4.78. The van der Waals surface area contributed by atoms with Crippen molar-refractivity contribution < 1.29 is 9.00 Å². The third-order valence-corrected chi connectivity index (χ3v) is 4.59. The lowest BCUT2D eigenvalue weighted by Crippen LogP contribution is -2.30. The van der Waals surface area contributed by atoms with Crippen LogP contribution in [0.25, 0.3) is 0 Å². The largest absolute Gasteiger partial charge is 0.399 e. The van der Waals surface area contributed by atoms with Gasteiger partial charge in [-0.05, 0) is 31.0 Å². The summed E-state index contributed by atoms with van der Waals surface area (Å²) < 4.78 is 11.2. The summed E-state index contributed by atoms with van der Waals surface area (Å²) in [5.74, 6) is -0.259. The lowest BCUT2D eigenvalue weighted by atomic mass is 10.00. The molecule has 4 nitrogen and oxygen atoms in total. The highest BCUT2D eigenvalue weighted by atomic mass is 32.2. The number of anilines is 1. The smallest absolute Gasteiger partial charge is 0.227 e. The maximum Gasteiger partial charge on any atom is 0.227 e. The Morgan fingerprint density at radius 1 is 1.42 bits per heavy atom. The van der Waals surface area contributed by atoms with Gasteiger partial charge < -0.3 is 11.1 Å². The number of benzene rings is 1. The van der Waals surface area contributed by atoms with E-state index < -0.39 is 10.8 Å². The molecule has 1 aromatic carbocycles. The normalized spacial score (nSPS) is 15.5. The number of amides is 1. The first-order valence-electron chi connectivity index (χ1n) is 6.37. The van der Waals surface area contributed by atoms with Gasteiger partial charge in [-0.2, -0.15) is 0 Å². The number of nitrogen functional groups attached to an aromatic ring is 1. The maximum atomic E-state index is 12.0. The van der Waals surface area contributed by atoms with Crippen LogP contribution in [0.4, 0.5) is 5.69 Å². The van der Waals surface area contributed by atoms with Gasteiger partial charge in [-0.1, -0.05) is 19.1 Å². The average Bonchev–Trinajstić information content (AvgIpc) is 2.37. The van der Waals surface area contributed by atoms with Gasteiger partial charge in [-0.3, -0.25) is 9.00 Å². The summed E-state index contributed by atoms with van der Waals surface area (Å²) in [5.41, 5.74) is 7.27. The summed E-state index contributed by atoms with van der Waals surface area (Å²) in [4.78, 5) is 12.0. The first-order valence-corrected chi connectivity index (χ1v) is 7.99. The van der Waals surface area contributed by atoms with Gasteiger partial charge in [0.05, 0.1) is 5.92 Å². The molecule has 0 fully saturated rings. The van der Waals surface area contributed by atoms with Crippen LogP contribution in [0, 0.1) is 0 Å². The molecule has 0 aromatic heterocycles. The van der Waals surface area contributed by atoms with Gasteiger partial charge in [-0.15, -0.1) is 0 Å². The molecule has 0 heterocycles. The van der Waals surface area contributed by atoms with Crippen LogP contribution < -0.4 is 11.1 Å². The third-order valence-electron chi connectivity index (χ3n) is 3.22. The highest BCUT2D eigenvalue weighted by molar-refractivity contribution is 7.84. The quantitative estimate of drug-likeness (QED) is 0.779. The van der Waals surface area contributed by atoms with Crippen LogP contribution in [0.1, 0.15) is 31.7 Å². The van der Waals surface area contributed by atoms with Crippen molar-refractivity contribution in [2.45, 2.75) is 31.4 Å². The molecule has 0 saturated carbocycles. The number of rotatable bonds is 6. The van der Waals surface area contributed by atoms with Crippen LogP contribution >= 0.6 is 0 Å². The summed E-state index contributed by atoms with van der Waals surface area (Å²) in [6, 6.07) is 7.35. The molecule has 0 aliphatic heterocycles. The second-order valence-corrected chi connectivity index (χ2v) is 6.58. The molecule has 0 aliphatic carbocycles. The summed E-state index contributed by atoms with van der Waals surface area (Å²) in [5, 5.41) is 2.97. The van der Waals surface area contributed by atoms with E-state index in [2.05, 4.69) is 5.32 Å². The molecule has 3 atom stereocenters. The molecule has 1 rings (SSSR count). The van der Waals surface area contributed by atoms with Crippen molar-refractivity contribution in [1.82, 2.24) is 5.32 Å². The molecule has 1 aromatic rings. The van der Waals surface area contributed by atoms with Gasteiger partial charge in [0.15, 0.2) is 0 Å². The van der Waals surface area contributed by atoms with E-state index in [1.54, 1.807) is 12.3 Å². The van der Waals surface area contributed by atoms with Crippen LogP contribution in [0.3, 0.4) is 0 Å². The molecule has 0 aliphatic rings. The van der Waals surface area contributed by atoms with E-state index in [4.69, 9.17) is 5.73 Å². The Kier molecular flexibility index (Phi) is 6.02. The minimum Gasteiger partial charge on any atom is -0.399 e. The van der Waals surface area contributed by atoms with Crippen LogP contribution in [-0.2, 0) is 15.6 Å². The Morgan fingerprint density at radius 2 is 2.11 bits per heavy atom. The van der Waals surface area contributed by atoms with Gasteiger partial charge in [0, 0.05) is 34.5 Å². The summed E-state index contributed by atoms with van der Waals surface area (Å²) in [7, 11) is -0.843. The van der Waals surface area contributed by atoms with Gasteiger partial charge in [-0.25, -0.2) is 0 Å². The highest BCUT2D eigenvalue weighted by Gasteiger charge is 2.15. The average molecular weight is 282 g/mol. The van der Waals surface area contributed by atoms with E-state index in [1.807, 2.05) is 32.0 Å². The fourth-order valence-electron chi connectivity index (χ4n) is 1.70. The molecule has 0 spiro atoms. The Morgan fingerprint density at radius 3 is 2.68 bits per heavy atom. The molecular formula is C14H22N2O2S. The highest BCUT2D eigenvalue weighted by Crippen LogP contribution is 2.17. The first-order chi connectivity index (χ1) is 8.91. The zero-order chi connectivity index (χ0) is 14.4. The van der Waals surface area contributed by atoms with Crippen molar-refractivity contribution >= 4 is 22.4 Å². The van der Waals surface area contributed by atoms with Crippen molar-refractivity contribution in [2.75, 3.05) is 18.5 Å². The number of nitrogens with one attached hydrogen (secondary N) is 1. The van der Waals surface area contributed by atoms with E-state index in [0.717, 1.165) is 12.0 Å². The Bertz CT molecular complexity index is 463. The van der Waals surface area contributed by atoms with Crippen LogP contribution in [0.2, 0.25) is 0 Å². The minimum absolute atomic E-state index is 0.0281. The predicted octanol–water partition coefficient (Wildman–Crippen LogP) is 1.65. The van der Waals surface area contributed by atoms with E-state index in [0.29, 0.717) is 12.2 Å². The van der Waals surface area contributed by atoms with Crippen molar-refractivity contribution in [3.8, 4) is 0 Å². The zero-order valence-electron chi connectivity index (χ0n) is 11.7. The van der Waals surface area contributed by atoms with Crippen LogP contribution in [-0.4, -0.2) is 28.2 Å². The van der Waals surface area contributed by atoms with Crippen molar-refractivity contribution in [2.24, 2.45) is 0 Å². The van der Waals surface area contributed by atoms with E-state index in [1.165, 1.54) is 0 Å². The topological polar surface area (TPSA) is 72.2 Å². The monoisotopic (exact) mass is 282 g/mol. The predicted molar refractivity (Wildman–Crippen MR) is 80.4 cm³/mol. The van der Waals surface area contributed by atoms with E-state index in [-0.39, 0.29) is 17.1 Å². The number of carbonyl (C=O) groups is 1. The second kappa shape index (κ2) is 7.28. The van der Waals surface area contributed by atoms with E-state index in [9.17, 15) is 9.00 Å². The summed E-state index contributed by atoms with van der Waals surface area (Å²) in [6.45, 7) is 4.32. The first kappa shape index (κ1) is 15.7. The zero-order valence-corrected chi connectivity index (χ0v) is 12.5. The Hall–Kier alpha value is -1.36. The molecule has 1 amide bonds. The molecule has 0 bridgehead atoms.